The van der Waals surface area contributed by atoms with Gasteiger partial charge in [0.1, 0.15) is 0 Å². The van der Waals surface area contributed by atoms with Gasteiger partial charge in [-0.15, -0.1) is 0 Å². The van der Waals surface area contributed by atoms with Crippen molar-refractivity contribution in [3.8, 4) is 0 Å². The molecule has 0 saturated carbocycles. The topological polar surface area (TPSA) is 33.2 Å². The van der Waals surface area contributed by atoms with E-state index in [0.29, 0.717) is 0 Å². The Morgan fingerprint density at radius 1 is 0.571 bits per heavy atom. The number of rotatable bonds is 0. The molecule has 80 valence electrons. The first kappa shape index (κ1) is 8.39. The van der Waals surface area contributed by atoms with Crippen molar-refractivity contribution in [3.05, 3.63) is 0 Å². The second-order valence-electron chi connectivity index (χ2n) is 4.71. The first-order chi connectivity index (χ1) is 6.75. The molecule has 0 amide bonds. The molecule has 4 heterocycles. The summed E-state index contributed by atoms with van der Waals surface area (Å²) in [7, 11) is -2.81. The van der Waals surface area contributed by atoms with Gasteiger partial charge in [-0.1, -0.05) is 0 Å². The van der Waals surface area contributed by atoms with Gasteiger partial charge < -0.3 is 0 Å². The molecule has 4 fully saturated rings. The van der Waals surface area contributed by atoms with Crippen molar-refractivity contribution in [1.29, 1.82) is 0 Å². The summed E-state index contributed by atoms with van der Waals surface area (Å²) in [5.41, 5.74) is 0. The van der Waals surface area contributed by atoms with Crippen molar-refractivity contribution in [1.82, 2.24) is 18.7 Å². The molecule has 0 aromatic heterocycles. The molecule has 1 N–H and O–H groups in total. The fraction of sp³-hybridized carbons (Fsp3) is 1.00. The summed E-state index contributed by atoms with van der Waals surface area (Å²) in [5, 5.41) is 0. The second kappa shape index (κ2) is 2.17. The Morgan fingerprint density at radius 2 is 0.786 bits per heavy atom. The molecular formula is C8H17N4OP. The Kier molecular flexibility index (Phi) is 1.30. The molecule has 0 aliphatic carbocycles. The summed E-state index contributed by atoms with van der Waals surface area (Å²) in [6.45, 7) is 8.57. The van der Waals surface area contributed by atoms with Crippen LogP contribution < -0.4 is 0 Å². The minimum absolute atomic E-state index is 1.07. The summed E-state index contributed by atoms with van der Waals surface area (Å²) in [5.74, 6) is 0. The van der Waals surface area contributed by atoms with Crippen molar-refractivity contribution < 1.29 is 4.89 Å². The Hall–Kier alpha value is 0.230. The SMILES string of the molecule is OP123N4CCN1CCN2CCN3CC4. The van der Waals surface area contributed by atoms with Crippen LogP contribution in [0.4, 0.5) is 0 Å². The van der Waals surface area contributed by atoms with Crippen LogP contribution in [0.15, 0.2) is 0 Å². The van der Waals surface area contributed by atoms with Crippen molar-refractivity contribution in [2.24, 2.45) is 0 Å². The quantitative estimate of drug-likeness (QED) is 0.545. The molecule has 4 rings (SSSR count). The van der Waals surface area contributed by atoms with Crippen molar-refractivity contribution in [3.63, 3.8) is 0 Å². The Balaban J connectivity index is 1.97. The van der Waals surface area contributed by atoms with Crippen LogP contribution in [-0.2, 0) is 0 Å². The molecule has 4 saturated heterocycles. The molecule has 0 unspecified atom stereocenters. The van der Waals surface area contributed by atoms with E-state index in [9.17, 15) is 4.89 Å². The molecule has 4 aliphatic rings. The molecule has 0 aromatic rings. The molecule has 1 spiro atoms. The number of hydrogen-bond acceptors (Lipinski definition) is 5. The molecule has 14 heavy (non-hydrogen) atoms. The average Bonchev–Trinajstić information content (AvgIpc) is 2.70. The van der Waals surface area contributed by atoms with Crippen LogP contribution in [0.2, 0.25) is 0 Å². The standard InChI is InChI=1S/C8H17N4OP/c13-14-9-1-2-10(14)5-6-12(14)8-7-11(14)4-3-9/h13H,1-8H2. The normalized spacial score (nSPS) is 43.6. The van der Waals surface area contributed by atoms with Crippen molar-refractivity contribution in [2.75, 3.05) is 52.4 Å². The van der Waals surface area contributed by atoms with Gasteiger partial charge >= 0.3 is 83.4 Å². The third-order valence-electron chi connectivity index (χ3n) is 4.49. The Morgan fingerprint density at radius 3 is 1.00 bits per heavy atom. The van der Waals surface area contributed by atoms with Crippen LogP contribution >= 0.6 is 7.43 Å². The average molecular weight is 216 g/mol. The van der Waals surface area contributed by atoms with Crippen LogP contribution in [0.1, 0.15) is 0 Å². The van der Waals surface area contributed by atoms with Gasteiger partial charge in [0.25, 0.3) is 0 Å². The molecule has 6 heteroatoms. The van der Waals surface area contributed by atoms with Crippen LogP contribution in [0.5, 0.6) is 0 Å². The summed E-state index contributed by atoms with van der Waals surface area (Å²) in [4.78, 5) is 11.4. The van der Waals surface area contributed by atoms with Gasteiger partial charge in [-0.05, 0) is 0 Å². The molecule has 0 bridgehead atoms. The monoisotopic (exact) mass is 216 g/mol. The summed E-state index contributed by atoms with van der Waals surface area (Å²) in [6, 6.07) is 0. The predicted octanol–water partition coefficient (Wildman–Crippen LogP) is -0.631. The van der Waals surface area contributed by atoms with Gasteiger partial charge in [0.05, 0.1) is 0 Å². The fourth-order valence-corrected chi connectivity index (χ4v) is 9.60. The van der Waals surface area contributed by atoms with E-state index < -0.39 is 7.43 Å². The van der Waals surface area contributed by atoms with E-state index in [-0.39, 0.29) is 0 Å². The van der Waals surface area contributed by atoms with E-state index in [4.69, 9.17) is 0 Å². The molecule has 0 radical (unpaired) electrons. The first-order valence-corrected chi connectivity index (χ1v) is 7.53. The molecule has 0 atom stereocenters. The van der Waals surface area contributed by atoms with E-state index in [1.54, 1.807) is 0 Å². The Labute approximate surface area is 84.1 Å². The fourth-order valence-electron chi connectivity index (χ4n) is 3.88. The maximum atomic E-state index is 11.4. The van der Waals surface area contributed by atoms with Gasteiger partial charge in [-0.25, -0.2) is 0 Å². The summed E-state index contributed by atoms with van der Waals surface area (Å²) < 4.78 is 9.52. The Bertz CT molecular complexity index is 236. The van der Waals surface area contributed by atoms with Crippen molar-refractivity contribution in [2.45, 2.75) is 0 Å². The zero-order valence-electron chi connectivity index (χ0n) is 8.34. The summed E-state index contributed by atoms with van der Waals surface area (Å²) in [6.07, 6.45) is 0. The zero-order valence-corrected chi connectivity index (χ0v) is 9.23. The second-order valence-corrected chi connectivity index (χ2v) is 8.76. The third-order valence-corrected chi connectivity index (χ3v) is 10.1. The van der Waals surface area contributed by atoms with Gasteiger partial charge in [-0.3, -0.25) is 0 Å². The van der Waals surface area contributed by atoms with Crippen LogP contribution in [0.25, 0.3) is 0 Å². The number of nitrogens with zero attached hydrogens (tertiary/aromatic N) is 4. The zero-order chi connectivity index (χ0) is 9.41. The van der Waals surface area contributed by atoms with Crippen LogP contribution in [-0.4, -0.2) is 75.9 Å². The van der Waals surface area contributed by atoms with Gasteiger partial charge in [0, 0.05) is 0 Å². The van der Waals surface area contributed by atoms with Gasteiger partial charge in [0.15, 0.2) is 0 Å². The predicted molar refractivity (Wildman–Crippen MR) is 55.4 cm³/mol. The molecular weight excluding hydrogens is 199 g/mol. The van der Waals surface area contributed by atoms with E-state index in [2.05, 4.69) is 18.7 Å². The minimum atomic E-state index is -2.81. The van der Waals surface area contributed by atoms with Crippen LogP contribution in [0, 0.1) is 0 Å². The third kappa shape index (κ3) is 0.565. The van der Waals surface area contributed by atoms with Crippen molar-refractivity contribution >= 4 is 7.43 Å². The first-order valence-electron chi connectivity index (χ1n) is 5.53. The number of hydrogen-bond donors (Lipinski definition) is 1. The maximum absolute atomic E-state index is 11.4. The van der Waals surface area contributed by atoms with E-state index in [1.165, 1.54) is 0 Å². The molecule has 0 aromatic carbocycles. The summed E-state index contributed by atoms with van der Waals surface area (Å²) >= 11 is 0. The molecule has 4 aliphatic heterocycles. The van der Waals surface area contributed by atoms with E-state index in [1.807, 2.05) is 0 Å². The molecule has 5 nitrogen and oxygen atoms in total. The van der Waals surface area contributed by atoms with Gasteiger partial charge in [-0.2, -0.15) is 0 Å². The van der Waals surface area contributed by atoms with Gasteiger partial charge in [0.2, 0.25) is 0 Å². The van der Waals surface area contributed by atoms with E-state index >= 15 is 0 Å². The van der Waals surface area contributed by atoms with Crippen LogP contribution in [0.3, 0.4) is 0 Å². The van der Waals surface area contributed by atoms with E-state index in [0.717, 1.165) is 52.4 Å².